The lowest BCUT2D eigenvalue weighted by Gasteiger charge is -2.32. The molecule has 1 fully saturated rings. The number of nitrogens with two attached hydrogens (primary N) is 1. The minimum atomic E-state index is -5.29. The monoisotopic (exact) mass is 549 g/mol. The molecule has 0 atom stereocenters. The van der Waals surface area contributed by atoms with Crippen molar-refractivity contribution >= 4 is 45.9 Å². The van der Waals surface area contributed by atoms with Crippen LogP contribution in [0, 0.1) is 0 Å². The van der Waals surface area contributed by atoms with Crippen molar-refractivity contribution in [3.63, 3.8) is 0 Å². The predicted molar refractivity (Wildman–Crippen MR) is 113 cm³/mol. The Balaban J connectivity index is 0.00000420. The van der Waals surface area contributed by atoms with Gasteiger partial charge in [-0.05, 0) is 30.5 Å². The number of carbonyl (C=O) groups excluding carboxylic acids is 1. The first-order valence-corrected chi connectivity index (χ1v) is 9.91. The fourth-order valence-corrected chi connectivity index (χ4v) is 3.78. The number of rotatable bonds is 5. The Morgan fingerprint density at radius 3 is 2.45 bits per heavy atom. The van der Waals surface area contributed by atoms with Crippen molar-refractivity contribution in [3.05, 3.63) is 35.4 Å². The van der Waals surface area contributed by atoms with E-state index in [0.717, 1.165) is 5.56 Å². The molecule has 1 aliphatic rings. The zero-order valence-electron chi connectivity index (χ0n) is 15.6. The van der Waals surface area contributed by atoms with Crippen LogP contribution in [0.3, 0.4) is 0 Å². The number of aliphatic imine (C=N–C) groups is 1. The topological polar surface area (TPSA) is 117 Å². The minimum Gasteiger partial charge on any atom is -0.366 e. The molecule has 1 aliphatic heterocycles. The van der Waals surface area contributed by atoms with E-state index >= 15 is 0 Å². The number of alkyl halides is 3. The number of hydrogen-bond acceptors (Lipinski definition) is 4. The van der Waals surface area contributed by atoms with Gasteiger partial charge in [0.1, 0.15) is 0 Å². The third-order valence-corrected chi connectivity index (χ3v) is 5.95. The number of nitrogens with zero attached hydrogens (tertiary/aromatic N) is 2. The lowest BCUT2D eigenvalue weighted by Crippen LogP contribution is -2.51. The fourth-order valence-electron chi connectivity index (χ4n) is 2.80. The molecule has 4 N–H and O–H groups in total. The highest BCUT2D eigenvalue weighted by atomic mass is 127. The van der Waals surface area contributed by atoms with Crippen LogP contribution in [-0.4, -0.2) is 56.3 Å². The van der Waals surface area contributed by atoms with Crippen LogP contribution in [0.25, 0.3) is 0 Å². The van der Waals surface area contributed by atoms with Crippen LogP contribution in [0.1, 0.15) is 28.8 Å². The Kier molecular flexibility index (Phi) is 9.14. The third kappa shape index (κ3) is 6.70. The molecule has 164 valence electrons. The number of guanidine groups is 1. The fraction of sp³-hybridized carbons (Fsp3) is 0.500. The van der Waals surface area contributed by atoms with Crippen molar-refractivity contribution in [2.24, 2.45) is 10.7 Å². The molecular formula is C16H23F3IN5O3S. The van der Waals surface area contributed by atoms with Gasteiger partial charge in [0.15, 0.2) is 5.96 Å². The maximum Gasteiger partial charge on any atom is 0.511 e. The summed E-state index contributed by atoms with van der Waals surface area (Å²) in [5.41, 5.74) is 1.13. The van der Waals surface area contributed by atoms with Crippen molar-refractivity contribution in [1.82, 2.24) is 14.9 Å². The molecule has 0 spiro atoms. The van der Waals surface area contributed by atoms with Crippen LogP contribution in [0.2, 0.25) is 0 Å². The predicted octanol–water partition coefficient (Wildman–Crippen LogP) is 1.38. The van der Waals surface area contributed by atoms with E-state index in [1.807, 2.05) is 0 Å². The van der Waals surface area contributed by atoms with Crippen molar-refractivity contribution in [2.75, 3.05) is 20.1 Å². The van der Waals surface area contributed by atoms with Gasteiger partial charge in [-0.15, -0.1) is 24.0 Å². The second-order valence-electron chi connectivity index (χ2n) is 6.26. The number of piperidine rings is 1. The number of nitrogens with one attached hydrogen (secondary N) is 2. The molecular weight excluding hydrogens is 526 g/mol. The SMILES string of the molecule is CN=C(NCc1cccc(C(N)=O)c1)NC1CCN(S(=O)(=O)C(F)(F)F)CC1.I. The Hall–Kier alpha value is -1.61. The van der Waals surface area contributed by atoms with Crippen LogP contribution in [0.5, 0.6) is 0 Å². The summed E-state index contributed by atoms with van der Waals surface area (Å²) in [5, 5.41) is 6.11. The molecule has 0 unspecified atom stereocenters. The molecule has 1 aromatic carbocycles. The van der Waals surface area contributed by atoms with Crippen molar-refractivity contribution in [3.8, 4) is 0 Å². The molecule has 0 bridgehead atoms. The van der Waals surface area contributed by atoms with E-state index in [2.05, 4.69) is 15.6 Å². The second-order valence-corrected chi connectivity index (χ2v) is 8.19. The Labute approximate surface area is 184 Å². The summed E-state index contributed by atoms with van der Waals surface area (Å²) in [6.45, 7) is -0.101. The first-order valence-electron chi connectivity index (χ1n) is 8.47. The van der Waals surface area contributed by atoms with Crippen molar-refractivity contribution < 1.29 is 26.4 Å². The minimum absolute atomic E-state index is 0. The van der Waals surface area contributed by atoms with Crippen molar-refractivity contribution in [2.45, 2.75) is 30.9 Å². The van der Waals surface area contributed by atoms with E-state index < -0.39 is 21.4 Å². The summed E-state index contributed by atoms with van der Waals surface area (Å²) in [5.74, 6) is -0.119. The first-order chi connectivity index (χ1) is 13.0. The number of sulfonamides is 1. The standard InChI is InChI=1S/C16H22F3N5O3S.HI/c1-21-15(22-10-11-3-2-4-12(9-11)14(20)25)23-13-5-7-24(8-6-13)28(26,27)16(17,18)19;/h2-4,9,13H,5-8,10H2,1H3,(H2,20,25)(H2,21,22,23);1H. The Morgan fingerprint density at radius 2 is 1.93 bits per heavy atom. The molecule has 1 saturated heterocycles. The van der Waals surface area contributed by atoms with E-state index in [0.29, 0.717) is 22.4 Å². The maximum atomic E-state index is 12.6. The van der Waals surface area contributed by atoms with Gasteiger partial charge in [0.25, 0.3) is 0 Å². The van der Waals surface area contributed by atoms with Crippen LogP contribution in [0.15, 0.2) is 29.3 Å². The van der Waals surface area contributed by atoms with E-state index in [1.165, 1.54) is 0 Å². The normalized spacial score (nSPS) is 16.8. The molecule has 8 nitrogen and oxygen atoms in total. The lowest BCUT2D eigenvalue weighted by molar-refractivity contribution is -0.0494. The quantitative estimate of drug-likeness (QED) is 0.292. The summed E-state index contributed by atoms with van der Waals surface area (Å²) in [7, 11) is -3.75. The zero-order valence-corrected chi connectivity index (χ0v) is 18.7. The van der Waals surface area contributed by atoms with Gasteiger partial charge in [0, 0.05) is 38.3 Å². The van der Waals surface area contributed by atoms with Gasteiger partial charge < -0.3 is 16.4 Å². The van der Waals surface area contributed by atoms with Crippen LogP contribution < -0.4 is 16.4 Å². The molecule has 0 aliphatic carbocycles. The van der Waals surface area contributed by atoms with Gasteiger partial charge in [-0.3, -0.25) is 9.79 Å². The van der Waals surface area contributed by atoms with Crippen LogP contribution >= 0.6 is 24.0 Å². The number of primary amides is 1. The molecule has 1 aromatic rings. The van der Waals surface area contributed by atoms with Crippen LogP contribution in [0.4, 0.5) is 13.2 Å². The first kappa shape index (κ1) is 25.4. The molecule has 0 aromatic heterocycles. The third-order valence-electron chi connectivity index (χ3n) is 4.32. The highest BCUT2D eigenvalue weighted by Crippen LogP contribution is 2.28. The number of amides is 1. The molecule has 2 rings (SSSR count). The maximum absolute atomic E-state index is 12.6. The van der Waals surface area contributed by atoms with Gasteiger partial charge in [-0.2, -0.15) is 17.5 Å². The number of halogens is 4. The van der Waals surface area contributed by atoms with Gasteiger partial charge in [-0.1, -0.05) is 12.1 Å². The lowest BCUT2D eigenvalue weighted by atomic mass is 10.1. The number of benzene rings is 1. The second kappa shape index (κ2) is 10.4. The molecule has 0 radical (unpaired) electrons. The zero-order chi connectivity index (χ0) is 20.9. The van der Waals surface area contributed by atoms with E-state index in [-0.39, 0.29) is 55.9 Å². The Bertz CT molecular complexity index is 840. The molecule has 0 saturated carbocycles. The largest absolute Gasteiger partial charge is 0.511 e. The summed E-state index contributed by atoms with van der Waals surface area (Å²) in [6.07, 6.45) is 0.431. The van der Waals surface area contributed by atoms with E-state index in [4.69, 9.17) is 5.73 Å². The highest BCUT2D eigenvalue weighted by molar-refractivity contribution is 14.0. The average molecular weight is 549 g/mol. The van der Waals surface area contributed by atoms with Gasteiger partial charge in [0.05, 0.1) is 0 Å². The number of hydrogen-bond donors (Lipinski definition) is 3. The van der Waals surface area contributed by atoms with Crippen molar-refractivity contribution in [1.29, 1.82) is 0 Å². The summed E-state index contributed by atoms with van der Waals surface area (Å²) < 4.78 is 61.2. The van der Waals surface area contributed by atoms with E-state index in [9.17, 15) is 26.4 Å². The molecule has 1 heterocycles. The summed E-state index contributed by atoms with van der Waals surface area (Å²) >= 11 is 0. The summed E-state index contributed by atoms with van der Waals surface area (Å²) in [4.78, 5) is 15.3. The Morgan fingerprint density at radius 1 is 1.31 bits per heavy atom. The highest BCUT2D eigenvalue weighted by Gasteiger charge is 2.50. The van der Waals surface area contributed by atoms with Crippen LogP contribution in [-0.2, 0) is 16.6 Å². The number of carbonyl (C=O) groups is 1. The van der Waals surface area contributed by atoms with Gasteiger partial charge >= 0.3 is 15.5 Å². The molecule has 1 amide bonds. The van der Waals surface area contributed by atoms with E-state index in [1.54, 1.807) is 31.3 Å². The van der Waals surface area contributed by atoms with Gasteiger partial charge in [0.2, 0.25) is 5.91 Å². The molecule has 13 heteroatoms. The average Bonchev–Trinajstić information content (AvgIpc) is 2.64. The summed E-state index contributed by atoms with van der Waals surface area (Å²) in [6, 6.07) is 6.52. The smallest absolute Gasteiger partial charge is 0.366 e. The van der Waals surface area contributed by atoms with Gasteiger partial charge in [-0.25, -0.2) is 8.42 Å². The molecule has 29 heavy (non-hydrogen) atoms.